The van der Waals surface area contributed by atoms with Crippen molar-refractivity contribution in [3.8, 4) is 0 Å². The zero-order chi connectivity index (χ0) is 18.2. The third kappa shape index (κ3) is 3.64. The van der Waals surface area contributed by atoms with E-state index in [0.29, 0.717) is 17.5 Å². The van der Waals surface area contributed by atoms with Crippen molar-refractivity contribution in [2.75, 3.05) is 7.11 Å². The van der Waals surface area contributed by atoms with Gasteiger partial charge in [0.25, 0.3) is 0 Å². The van der Waals surface area contributed by atoms with Gasteiger partial charge in [-0.05, 0) is 42.0 Å². The molecule has 0 bridgehead atoms. The van der Waals surface area contributed by atoms with Crippen molar-refractivity contribution in [1.29, 1.82) is 0 Å². The second-order valence-corrected chi connectivity index (χ2v) is 5.98. The molecule has 3 rings (SSSR count). The summed E-state index contributed by atoms with van der Waals surface area (Å²) >= 11 is 5.99. The summed E-state index contributed by atoms with van der Waals surface area (Å²) in [6, 6.07) is 10.2. The summed E-state index contributed by atoms with van der Waals surface area (Å²) in [6.45, 7) is 0. The second kappa shape index (κ2) is 6.44. The molecule has 0 spiro atoms. The molecular formula is C18H13ClF3NO2. The molecule has 0 radical (unpaired) electrons. The van der Waals surface area contributed by atoms with Crippen molar-refractivity contribution in [3.63, 3.8) is 0 Å². The lowest BCUT2D eigenvalue weighted by Crippen LogP contribution is -2.05. The largest absolute Gasteiger partial charge is 0.465 e. The molecule has 0 aliphatic heterocycles. The minimum atomic E-state index is -4.42. The van der Waals surface area contributed by atoms with E-state index in [2.05, 4.69) is 9.72 Å². The fourth-order valence-corrected chi connectivity index (χ4v) is 2.85. The maximum Gasteiger partial charge on any atom is 0.416 e. The summed E-state index contributed by atoms with van der Waals surface area (Å²) in [4.78, 5) is 14.7. The third-order valence-electron chi connectivity index (χ3n) is 3.86. The van der Waals surface area contributed by atoms with Crippen LogP contribution in [0.15, 0.2) is 42.5 Å². The Labute approximate surface area is 146 Å². The third-order valence-corrected chi connectivity index (χ3v) is 4.21. The predicted octanol–water partition coefficient (Wildman–Crippen LogP) is 5.22. The number of fused-ring (bicyclic) bond motifs is 1. The zero-order valence-electron chi connectivity index (χ0n) is 13.1. The van der Waals surface area contributed by atoms with Gasteiger partial charge in [-0.15, -0.1) is 0 Å². The fourth-order valence-electron chi connectivity index (χ4n) is 2.60. The first-order valence-corrected chi connectivity index (χ1v) is 7.71. The number of hydrogen-bond acceptors (Lipinski definition) is 2. The van der Waals surface area contributed by atoms with Crippen molar-refractivity contribution in [3.05, 3.63) is 69.9 Å². The van der Waals surface area contributed by atoms with Gasteiger partial charge >= 0.3 is 12.1 Å². The van der Waals surface area contributed by atoms with E-state index < -0.39 is 17.7 Å². The molecule has 130 valence electrons. The average Bonchev–Trinajstić information content (AvgIpc) is 2.96. The molecule has 7 heteroatoms. The number of aromatic nitrogens is 1. The van der Waals surface area contributed by atoms with Gasteiger partial charge in [-0.25, -0.2) is 4.79 Å². The molecule has 0 saturated heterocycles. The number of rotatable bonds is 3. The zero-order valence-corrected chi connectivity index (χ0v) is 13.8. The van der Waals surface area contributed by atoms with Gasteiger partial charge in [0, 0.05) is 28.0 Å². The number of aromatic amines is 1. The topological polar surface area (TPSA) is 42.1 Å². The highest BCUT2D eigenvalue weighted by molar-refractivity contribution is 6.31. The normalized spacial score (nSPS) is 11.7. The van der Waals surface area contributed by atoms with E-state index in [1.54, 1.807) is 18.2 Å². The van der Waals surface area contributed by atoms with Crippen molar-refractivity contribution in [1.82, 2.24) is 4.98 Å². The molecule has 2 aromatic carbocycles. The van der Waals surface area contributed by atoms with Gasteiger partial charge < -0.3 is 9.72 Å². The number of nitrogens with one attached hydrogen (secondary N) is 1. The SMILES string of the molecule is COC(=O)c1ccc2[nH]c(Cc3ccc(C(F)(F)F)cc3Cl)cc2c1. The summed E-state index contributed by atoms with van der Waals surface area (Å²) in [5.74, 6) is -0.435. The molecule has 25 heavy (non-hydrogen) atoms. The number of methoxy groups -OCH3 is 1. The van der Waals surface area contributed by atoms with E-state index in [1.807, 2.05) is 6.07 Å². The summed E-state index contributed by atoms with van der Waals surface area (Å²) < 4.78 is 42.8. The van der Waals surface area contributed by atoms with Crippen LogP contribution in [0.3, 0.4) is 0 Å². The van der Waals surface area contributed by atoms with Crippen LogP contribution in [-0.4, -0.2) is 18.1 Å². The van der Waals surface area contributed by atoms with E-state index in [0.717, 1.165) is 28.7 Å². The molecule has 0 aliphatic carbocycles. The maximum absolute atomic E-state index is 12.7. The number of H-pyrrole nitrogens is 1. The molecule has 3 aromatic rings. The van der Waals surface area contributed by atoms with Crippen LogP contribution in [0.1, 0.15) is 27.2 Å². The number of esters is 1. The summed E-state index contributed by atoms with van der Waals surface area (Å²) in [5, 5.41) is 0.865. The lowest BCUT2D eigenvalue weighted by atomic mass is 10.1. The van der Waals surface area contributed by atoms with Crippen molar-refractivity contribution in [2.45, 2.75) is 12.6 Å². The van der Waals surface area contributed by atoms with Crippen LogP contribution in [0.25, 0.3) is 10.9 Å². The van der Waals surface area contributed by atoms with Gasteiger partial charge in [0.2, 0.25) is 0 Å². The number of benzene rings is 2. The van der Waals surface area contributed by atoms with Crippen LogP contribution in [0.4, 0.5) is 13.2 Å². The Morgan fingerprint density at radius 3 is 2.56 bits per heavy atom. The first-order chi connectivity index (χ1) is 11.8. The van der Waals surface area contributed by atoms with Crippen LogP contribution >= 0.6 is 11.6 Å². The lowest BCUT2D eigenvalue weighted by Gasteiger charge is -2.09. The summed E-state index contributed by atoms with van der Waals surface area (Å²) in [6.07, 6.45) is -4.08. The number of carbonyl (C=O) groups is 1. The van der Waals surface area contributed by atoms with Gasteiger partial charge in [-0.3, -0.25) is 0 Å². The molecule has 3 nitrogen and oxygen atoms in total. The molecular weight excluding hydrogens is 355 g/mol. The molecule has 1 N–H and O–H groups in total. The van der Waals surface area contributed by atoms with Crippen LogP contribution < -0.4 is 0 Å². The lowest BCUT2D eigenvalue weighted by molar-refractivity contribution is -0.137. The molecule has 0 amide bonds. The van der Waals surface area contributed by atoms with Crippen molar-refractivity contribution >= 4 is 28.5 Å². The fraction of sp³-hybridized carbons (Fsp3) is 0.167. The first kappa shape index (κ1) is 17.4. The number of halogens is 4. The molecule has 0 saturated carbocycles. The Hall–Kier alpha value is -2.47. The van der Waals surface area contributed by atoms with E-state index in [-0.39, 0.29) is 5.02 Å². The van der Waals surface area contributed by atoms with Crippen molar-refractivity contribution < 1.29 is 22.7 Å². The van der Waals surface area contributed by atoms with E-state index >= 15 is 0 Å². The highest BCUT2D eigenvalue weighted by atomic mass is 35.5. The molecule has 0 atom stereocenters. The Balaban J connectivity index is 1.89. The van der Waals surface area contributed by atoms with Crippen LogP contribution in [-0.2, 0) is 17.3 Å². The molecule has 0 aliphatic rings. The quantitative estimate of drug-likeness (QED) is 0.645. The van der Waals surface area contributed by atoms with Crippen LogP contribution in [0, 0.1) is 0 Å². The van der Waals surface area contributed by atoms with Gasteiger partial charge in [0.05, 0.1) is 18.2 Å². The average molecular weight is 368 g/mol. The molecule has 0 fully saturated rings. The summed E-state index contributed by atoms with van der Waals surface area (Å²) in [5.41, 5.74) is 1.81. The predicted molar refractivity (Wildman–Crippen MR) is 88.9 cm³/mol. The number of carbonyl (C=O) groups excluding carboxylic acids is 1. The number of ether oxygens (including phenoxy) is 1. The first-order valence-electron chi connectivity index (χ1n) is 7.33. The van der Waals surface area contributed by atoms with Gasteiger partial charge in [-0.2, -0.15) is 13.2 Å². The Morgan fingerprint density at radius 2 is 1.92 bits per heavy atom. The Bertz CT molecular complexity index is 947. The highest BCUT2D eigenvalue weighted by Gasteiger charge is 2.30. The van der Waals surface area contributed by atoms with Crippen LogP contribution in [0.5, 0.6) is 0 Å². The number of hydrogen-bond donors (Lipinski definition) is 1. The van der Waals surface area contributed by atoms with E-state index in [4.69, 9.17) is 11.6 Å². The second-order valence-electron chi connectivity index (χ2n) is 5.57. The molecule has 1 heterocycles. The maximum atomic E-state index is 12.7. The van der Waals surface area contributed by atoms with Crippen LogP contribution in [0.2, 0.25) is 5.02 Å². The Kier molecular flexibility index (Phi) is 4.47. The monoisotopic (exact) mass is 367 g/mol. The number of alkyl halides is 3. The highest BCUT2D eigenvalue weighted by Crippen LogP contribution is 2.33. The van der Waals surface area contributed by atoms with Gasteiger partial charge in [-0.1, -0.05) is 17.7 Å². The molecule has 1 aromatic heterocycles. The smallest absolute Gasteiger partial charge is 0.416 e. The minimum Gasteiger partial charge on any atom is -0.465 e. The minimum absolute atomic E-state index is 0.0590. The Morgan fingerprint density at radius 1 is 1.16 bits per heavy atom. The van der Waals surface area contributed by atoms with E-state index in [1.165, 1.54) is 13.2 Å². The van der Waals surface area contributed by atoms with Gasteiger partial charge in [0.1, 0.15) is 0 Å². The summed E-state index contributed by atoms with van der Waals surface area (Å²) in [7, 11) is 1.31. The molecule has 0 unspecified atom stereocenters. The van der Waals surface area contributed by atoms with Crippen molar-refractivity contribution in [2.24, 2.45) is 0 Å². The van der Waals surface area contributed by atoms with Gasteiger partial charge in [0.15, 0.2) is 0 Å². The van der Waals surface area contributed by atoms with E-state index in [9.17, 15) is 18.0 Å². The standard InChI is InChI=1S/C18H13ClF3NO2/c1-25-17(24)11-3-5-16-12(6-11)8-14(23-16)7-10-2-4-13(9-15(10)19)18(20,21)22/h2-6,8-9,23H,7H2,1H3.